The molecule has 3 unspecified atom stereocenters. The van der Waals surface area contributed by atoms with Crippen molar-refractivity contribution in [2.45, 2.75) is 39.0 Å². The Hall–Kier alpha value is -0.900. The number of carbonyl (C=O) groups excluding carboxylic acids is 1. The Kier molecular flexibility index (Phi) is 3.85. The molecule has 20 heavy (non-hydrogen) atoms. The van der Waals surface area contributed by atoms with Crippen LogP contribution in [0.1, 0.15) is 37.7 Å². The van der Waals surface area contributed by atoms with Crippen LogP contribution in [0, 0.1) is 30.5 Å². The van der Waals surface area contributed by atoms with Crippen LogP contribution in [0.15, 0.2) is 16.6 Å². The smallest absolute Gasteiger partial charge is 0.224 e. The van der Waals surface area contributed by atoms with Crippen LogP contribution in [0.25, 0.3) is 0 Å². The Morgan fingerprint density at radius 1 is 1.40 bits per heavy atom. The monoisotopic (exact) mass is 339 g/mol. The van der Waals surface area contributed by atoms with E-state index in [2.05, 4.69) is 21.2 Å². The first-order valence-corrected chi connectivity index (χ1v) is 8.07. The molecule has 1 aromatic rings. The van der Waals surface area contributed by atoms with Gasteiger partial charge in [0.2, 0.25) is 5.91 Å². The molecule has 0 heterocycles. The molecule has 1 amide bonds. The van der Waals surface area contributed by atoms with E-state index in [0.29, 0.717) is 22.5 Å². The van der Waals surface area contributed by atoms with E-state index in [9.17, 15) is 9.18 Å². The number of fused-ring (bicyclic) bond motifs is 2. The maximum Gasteiger partial charge on any atom is 0.224 e. The van der Waals surface area contributed by atoms with E-state index in [-0.39, 0.29) is 11.7 Å². The summed E-state index contributed by atoms with van der Waals surface area (Å²) in [6.07, 6.45) is 5.79. The molecule has 2 saturated carbocycles. The fraction of sp³-hybridized carbons (Fsp3) is 0.562. The van der Waals surface area contributed by atoms with Crippen LogP contribution in [0.3, 0.4) is 0 Å². The van der Waals surface area contributed by atoms with Gasteiger partial charge in [-0.1, -0.05) is 6.42 Å². The molecule has 0 spiro atoms. The van der Waals surface area contributed by atoms with Gasteiger partial charge in [0, 0.05) is 12.1 Å². The number of amides is 1. The van der Waals surface area contributed by atoms with Crippen molar-refractivity contribution in [3.8, 4) is 0 Å². The highest BCUT2D eigenvalue weighted by Gasteiger charge is 2.40. The van der Waals surface area contributed by atoms with Gasteiger partial charge in [0.25, 0.3) is 0 Å². The van der Waals surface area contributed by atoms with E-state index >= 15 is 0 Å². The largest absolute Gasteiger partial charge is 0.326 e. The van der Waals surface area contributed by atoms with Crippen molar-refractivity contribution in [3.63, 3.8) is 0 Å². The van der Waals surface area contributed by atoms with E-state index in [1.165, 1.54) is 31.7 Å². The first kappa shape index (κ1) is 14.1. The van der Waals surface area contributed by atoms with Crippen molar-refractivity contribution < 1.29 is 9.18 Å². The molecule has 108 valence electrons. The lowest BCUT2D eigenvalue weighted by Gasteiger charge is -2.21. The van der Waals surface area contributed by atoms with Crippen LogP contribution < -0.4 is 5.32 Å². The molecular weight excluding hydrogens is 321 g/mol. The predicted molar refractivity (Wildman–Crippen MR) is 81.0 cm³/mol. The first-order valence-electron chi connectivity index (χ1n) is 7.28. The van der Waals surface area contributed by atoms with E-state index < -0.39 is 0 Å². The SMILES string of the molecule is Cc1cc(F)c(Br)cc1NC(=O)CC1CC2CCC1C2. The summed E-state index contributed by atoms with van der Waals surface area (Å²) in [7, 11) is 0. The van der Waals surface area contributed by atoms with Crippen LogP contribution in [0.2, 0.25) is 0 Å². The third kappa shape index (κ3) is 2.76. The fourth-order valence-electron chi connectivity index (χ4n) is 3.85. The van der Waals surface area contributed by atoms with Crippen molar-refractivity contribution in [2.75, 3.05) is 5.32 Å². The number of rotatable bonds is 3. The summed E-state index contributed by atoms with van der Waals surface area (Å²) >= 11 is 3.16. The molecule has 1 aromatic carbocycles. The zero-order chi connectivity index (χ0) is 14.3. The highest BCUT2D eigenvalue weighted by atomic mass is 79.9. The van der Waals surface area contributed by atoms with Gasteiger partial charge in [-0.05, 0) is 77.6 Å². The zero-order valence-corrected chi connectivity index (χ0v) is 13.2. The van der Waals surface area contributed by atoms with Gasteiger partial charge in [-0.3, -0.25) is 4.79 Å². The van der Waals surface area contributed by atoms with Crippen LogP contribution in [0.5, 0.6) is 0 Å². The van der Waals surface area contributed by atoms with Crippen molar-refractivity contribution in [1.29, 1.82) is 0 Å². The first-order chi connectivity index (χ1) is 9.52. The number of aryl methyl sites for hydroxylation is 1. The Bertz CT molecular complexity index is 546. The normalized spacial score (nSPS) is 27.9. The number of anilines is 1. The molecule has 0 aromatic heterocycles. The minimum Gasteiger partial charge on any atom is -0.326 e. The quantitative estimate of drug-likeness (QED) is 0.852. The van der Waals surface area contributed by atoms with Gasteiger partial charge in [0.15, 0.2) is 0 Å². The number of carbonyl (C=O) groups is 1. The predicted octanol–water partition coefficient (Wildman–Crippen LogP) is 4.66. The fourth-order valence-corrected chi connectivity index (χ4v) is 4.19. The second-order valence-corrected chi connectivity index (χ2v) is 7.12. The zero-order valence-electron chi connectivity index (χ0n) is 11.6. The molecule has 0 saturated heterocycles. The summed E-state index contributed by atoms with van der Waals surface area (Å²) in [6, 6.07) is 3.08. The van der Waals surface area contributed by atoms with Gasteiger partial charge in [0.1, 0.15) is 5.82 Å². The van der Waals surface area contributed by atoms with Gasteiger partial charge in [-0.25, -0.2) is 4.39 Å². The molecule has 0 radical (unpaired) electrons. The van der Waals surface area contributed by atoms with Crippen molar-refractivity contribution in [1.82, 2.24) is 0 Å². The third-order valence-corrected chi connectivity index (χ3v) is 5.48. The molecule has 0 aliphatic heterocycles. The number of nitrogens with one attached hydrogen (secondary N) is 1. The van der Waals surface area contributed by atoms with Crippen LogP contribution in [-0.4, -0.2) is 5.91 Å². The van der Waals surface area contributed by atoms with Gasteiger partial charge in [0.05, 0.1) is 4.47 Å². The lowest BCUT2D eigenvalue weighted by atomic mass is 9.86. The second kappa shape index (κ2) is 5.47. The molecule has 3 rings (SSSR count). The molecule has 4 heteroatoms. The Balaban J connectivity index is 1.63. The minimum absolute atomic E-state index is 0.0594. The highest BCUT2D eigenvalue weighted by molar-refractivity contribution is 9.10. The maximum absolute atomic E-state index is 13.4. The van der Waals surface area contributed by atoms with Crippen LogP contribution in [-0.2, 0) is 4.79 Å². The number of hydrogen-bond donors (Lipinski definition) is 1. The Morgan fingerprint density at radius 2 is 2.20 bits per heavy atom. The van der Waals surface area contributed by atoms with Gasteiger partial charge in [-0.2, -0.15) is 0 Å². The van der Waals surface area contributed by atoms with Crippen LogP contribution in [0.4, 0.5) is 10.1 Å². The van der Waals surface area contributed by atoms with E-state index in [1.54, 1.807) is 6.07 Å². The average molecular weight is 340 g/mol. The maximum atomic E-state index is 13.4. The summed E-state index contributed by atoms with van der Waals surface area (Å²) < 4.78 is 13.8. The lowest BCUT2D eigenvalue weighted by molar-refractivity contribution is -0.117. The highest BCUT2D eigenvalue weighted by Crippen LogP contribution is 2.49. The van der Waals surface area contributed by atoms with Gasteiger partial charge < -0.3 is 5.32 Å². The average Bonchev–Trinajstić information content (AvgIpc) is 2.98. The Labute approximate surface area is 127 Å². The molecule has 1 N–H and O–H groups in total. The summed E-state index contributed by atoms with van der Waals surface area (Å²) in [6.45, 7) is 1.81. The molecule has 2 aliphatic rings. The molecular formula is C16H19BrFNO. The van der Waals surface area contributed by atoms with Crippen molar-refractivity contribution in [3.05, 3.63) is 28.0 Å². The number of hydrogen-bond acceptors (Lipinski definition) is 1. The number of benzene rings is 1. The standard InChI is InChI=1S/C16H19BrFNO/c1-9-4-14(18)13(17)8-15(9)19-16(20)7-12-6-10-2-3-11(12)5-10/h4,8,10-12H,2-3,5-7H2,1H3,(H,19,20). The lowest BCUT2D eigenvalue weighted by Crippen LogP contribution is -2.20. The Morgan fingerprint density at radius 3 is 2.85 bits per heavy atom. The van der Waals surface area contributed by atoms with Crippen LogP contribution >= 0.6 is 15.9 Å². The summed E-state index contributed by atoms with van der Waals surface area (Å²) in [4.78, 5) is 12.2. The molecule has 2 bridgehead atoms. The summed E-state index contributed by atoms with van der Waals surface area (Å²) in [5.41, 5.74) is 1.46. The van der Waals surface area contributed by atoms with Crippen molar-refractivity contribution in [2.24, 2.45) is 17.8 Å². The van der Waals surface area contributed by atoms with E-state index in [0.717, 1.165) is 17.4 Å². The van der Waals surface area contributed by atoms with Gasteiger partial charge in [-0.15, -0.1) is 0 Å². The summed E-state index contributed by atoms with van der Waals surface area (Å²) in [5.74, 6) is 1.93. The number of halogens is 2. The molecule has 2 aliphatic carbocycles. The third-order valence-electron chi connectivity index (χ3n) is 4.87. The van der Waals surface area contributed by atoms with Crippen molar-refractivity contribution >= 4 is 27.5 Å². The van der Waals surface area contributed by atoms with Gasteiger partial charge >= 0.3 is 0 Å². The minimum atomic E-state index is -0.298. The summed E-state index contributed by atoms with van der Waals surface area (Å²) in [5, 5.41) is 2.93. The topological polar surface area (TPSA) is 29.1 Å². The second-order valence-electron chi connectivity index (χ2n) is 6.27. The molecule has 3 atom stereocenters. The van der Waals surface area contributed by atoms with E-state index in [4.69, 9.17) is 0 Å². The molecule has 2 fully saturated rings. The van der Waals surface area contributed by atoms with E-state index in [1.807, 2.05) is 6.92 Å². The molecule has 2 nitrogen and oxygen atoms in total.